The van der Waals surface area contributed by atoms with Gasteiger partial charge in [-0.05, 0) is 51.0 Å². The van der Waals surface area contributed by atoms with Crippen LogP contribution in [0.15, 0.2) is 23.1 Å². The molecule has 1 N–H and O–H groups in total. The van der Waals surface area contributed by atoms with Crippen molar-refractivity contribution < 1.29 is 13.2 Å². The number of sulfonamides is 1. The number of likely N-dealkylation sites (N-methyl/N-ethyl adjacent to an activating group) is 1. The number of rotatable bonds is 4. The molecule has 0 aromatic heterocycles. The molecule has 1 aliphatic rings. The lowest BCUT2D eigenvalue weighted by Crippen LogP contribution is -2.33. The first-order valence-electron chi connectivity index (χ1n) is 7.06. The lowest BCUT2D eigenvalue weighted by Gasteiger charge is -2.17. The molecule has 1 aromatic rings. The molecule has 6 heteroatoms. The van der Waals surface area contributed by atoms with E-state index >= 15 is 0 Å². The van der Waals surface area contributed by atoms with Gasteiger partial charge < -0.3 is 4.90 Å². The Morgan fingerprint density at radius 3 is 2.52 bits per heavy atom. The number of nitrogens with one attached hydrogen (secondary N) is 1. The third kappa shape index (κ3) is 2.58. The molecule has 1 aromatic carbocycles. The molecule has 0 saturated carbocycles. The third-order valence-corrected chi connectivity index (χ3v) is 5.71. The summed E-state index contributed by atoms with van der Waals surface area (Å²) >= 11 is 0. The highest BCUT2D eigenvalue weighted by molar-refractivity contribution is 7.89. The summed E-state index contributed by atoms with van der Waals surface area (Å²) in [5.41, 5.74) is 0.820. The van der Waals surface area contributed by atoms with Gasteiger partial charge in [0.05, 0.1) is 10.3 Å². The van der Waals surface area contributed by atoms with Gasteiger partial charge in [0.1, 0.15) is 0 Å². The van der Waals surface area contributed by atoms with Crippen molar-refractivity contribution in [3.8, 4) is 0 Å². The van der Waals surface area contributed by atoms with Crippen LogP contribution >= 0.6 is 0 Å². The average Bonchev–Trinajstić information content (AvgIpc) is 2.59. The Kier molecular flexibility index (Phi) is 3.88. The molecule has 1 heterocycles. The van der Waals surface area contributed by atoms with E-state index in [2.05, 4.69) is 4.72 Å². The van der Waals surface area contributed by atoms with E-state index in [9.17, 15) is 13.2 Å². The number of benzene rings is 1. The number of hydrogen-bond acceptors (Lipinski definition) is 3. The Morgan fingerprint density at radius 1 is 1.33 bits per heavy atom. The van der Waals surface area contributed by atoms with Crippen LogP contribution in [-0.2, 0) is 20.2 Å². The summed E-state index contributed by atoms with van der Waals surface area (Å²) in [6.45, 7) is 7.38. The minimum absolute atomic E-state index is 0.0260. The van der Waals surface area contributed by atoms with Gasteiger partial charge in [0.15, 0.2) is 0 Å². The van der Waals surface area contributed by atoms with E-state index in [4.69, 9.17) is 0 Å². The Morgan fingerprint density at radius 2 is 1.95 bits per heavy atom. The van der Waals surface area contributed by atoms with Crippen LogP contribution in [0.25, 0.3) is 0 Å². The summed E-state index contributed by atoms with van der Waals surface area (Å²) in [4.78, 5) is 14.0. The van der Waals surface area contributed by atoms with Crippen molar-refractivity contribution in [3.63, 3.8) is 0 Å². The summed E-state index contributed by atoms with van der Waals surface area (Å²) in [6.07, 6.45) is 0.719. The van der Waals surface area contributed by atoms with Crippen LogP contribution in [0.1, 0.15) is 39.7 Å². The molecule has 0 aliphatic carbocycles. The van der Waals surface area contributed by atoms with Crippen LogP contribution in [0.4, 0.5) is 5.69 Å². The number of hydrogen-bond donors (Lipinski definition) is 1. The highest BCUT2D eigenvalue weighted by Gasteiger charge is 2.42. The number of fused-ring (bicyclic) bond motifs is 1. The van der Waals surface area contributed by atoms with Gasteiger partial charge in [0.25, 0.3) is 0 Å². The maximum absolute atomic E-state index is 12.4. The molecule has 2 rings (SSSR count). The molecule has 1 atom stereocenters. The van der Waals surface area contributed by atoms with Gasteiger partial charge in [-0.2, -0.15) is 0 Å². The van der Waals surface area contributed by atoms with Gasteiger partial charge in [0.2, 0.25) is 15.9 Å². The molecule has 0 spiro atoms. The van der Waals surface area contributed by atoms with Crippen molar-refractivity contribution in [2.75, 3.05) is 11.9 Å². The lowest BCUT2D eigenvalue weighted by molar-refractivity contribution is -0.121. The SMILES string of the molecule is CCC(C)NS(=O)(=O)c1ccc2c(c1)C(C)(C)C(=O)N2C. The zero-order chi connectivity index (χ0) is 16.0. The molecule has 0 fully saturated rings. The first-order chi connectivity index (χ1) is 9.61. The van der Waals surface area contributed by atoms with Gasteiger partial charge in [-0.25, -0.2) is 13.1 Å². The van der Waals surface area contributed by atoms with Gasteiger partial charge in [-0.3, -0.25) is 4.79 Å². The second-order valence-electron chi connectivity index (χ2n) is 6.10. The lowest BCUT2D eigenvalue weighted by atomic mass is 9.86. The molecule has 116 valence electrons. The van der Waals surface area contributed by atoms with Gasteiger partial charge in [-0.1, -0.05) is 6.92 Å². The average molecular weight is 310 g/mol. The fourth-order valence-corrected chi connectivity index (χ4v) is 3.89. The third-order valence-electron chi connectivity index (χ3n) is 4.12. The van der Waals surface area contributed by atoms with Gasteiger partial charge in [0, 0.05) is 18.8 Å². The maximum Gasteiger partial charge on any atom is 0.240 e. The van der Waals surface area contributed by atoms with E-state index in [1.54, 1.807) is 30.1 Å². The zero-order valence-electron chi connectivity index (χ0n) is 13.1. The van der Waals surface area contributed by atoms with Crippen molar-refractivity contribution in [1.82, 2.24) is 4.72 Å². The number of carbonyl (C=O) groups excluding carboxylic acids is 1. The van der Waals surface area contributed by atoms with Crippen LogP contribution in [-0.4, -0.2) is 27.4 Å². The van der Waals surface area contributed by atoms with E-state index < -0.39 is 15.4 Å². The Bertz CT molecular complexity index is 680. The topological polar surface area (TPSA) is 66.5 Å². The van der Waals surface area contributed by atoms with Crippen LogP contribution in [0.5, 0.6) is 0 Å². The minimum atomic E-state index is -3.56. The smallest absolute Gasteiger partial charge is 0.240 e. The van der Waals surface area contributed by atoms with Crippen LogP contribution in [0.2, 0.25) is 0 Å². The van der Waals surface area contributed by atoms with Gasteiger partial charge >= 0.3 is 0 Å². The highest BCUT2D eigenvalue weighted by Crippen LogP contribution is 2.41. The van der Waals surface area contributed by atoms with Crippen LogP contribution in [0.3, 0.4) is 0 Å². The fourth-order valence-electron chi connectivity index (χ4n) is 2.54. The maximum atomic E-state index is 12.4. The van der Waals surface area contributed by atoms with Crippen LogP contribution in [0, 0.1) is 0 Å². The summed E-state index contributed by atoms with van der Waals surface area (Å²) < 4.78 is 27.4. The quantitative estimate of drug-likeness (QED) is 0.925. The van der Waals surface area contributed by atoms with Crippen molar-refractivity contribution >= 4 is 21.6 Å². The highest BCUT2D eigenvalue weighted by atomic mass is 32.2. The van der Waals surface area contributed by atoms with E-state index in [1.807, 2.05) is 27.7 Å². The molecule has 0 saturated heterocycles. The number of amides is 1. The first kappa shape index (κ1) is 16.0. The van der Waals surface area contributed by atoms with Crippen molar-refractivity contribution in [2.24, 2.45) is 0 Å². The van der Waals surface area contributed by atoms with Crippen molar-refractivity contribution in [2.45, 2.75) is 50.5 Å². The summed E-state index contributed by atoms with van der Waals surface area (Å²) in [5.74, 6) is -0.0260. The normalized spacial score (nSPS) is 18.7. The number of anilines is 1. The molecule has 0 bridgehead atoms. The predicted octanol–water partition coefficient (Wildman–Crippen LogP) is 2.02. The first-order valence-corrected chi connectivity index (χ1v) is 8.54. The largest absolute Gasteiger partial charge is 0.314 e. The molecule has 1 amide bonds. The zero-order valence-corrected chi connectivity index (χ0v) is 13.9. The molecule has 1 aliphatic heterocycles. The van der Waals surface area contributed by atoms with Crippen molar-refractivity contribution in [1.29, 1.82) is 0 Å². The number of nitrogens with zero attached hydrogens (tertiary/aromatic N) is 1. The standard InChI is InChI=1S/C15H22N2O3S/c1-6-10(2)16-21(19,20)11-7-8-13-12(9-11)15(3,4)14(18)17(13)5/h7-10,16H,6H2,1-5H3. The predicted molar refractivity (Wildman–Crippen MR) is 83.0 cm³/mol. The van der Waals surface area contributed by atoms with Gasteiger partial charge in [-0.15, -0.1) is 0 Å². The Hall–Kier alpha value is -1.40. The second kappa shape index (κ2) is 5.10. The van der Waals surface area contributed by atoms with E-state index in [0.717, 1.165) is 17.7 Å². The Balaban J connectivity index is 2.49. The second-order valence-corrected chi connectivity index (χ2v) is 7.81. The fraction of sp³-hybridized carbons (Fsp3) is 0.533. The summed E-state index contributed by atoms with van der Waals surface area (Å²) in [7, 11) is -1.85. The Labute approximate surface area is 126 Å². The van der Waals surface area contributed by atoms with E-state index in [-0.39, 0.29) is 16.8 Å². The summed E-state index contributed by atoms with van der Waals surface area (Å²) in [5, 5.41) is 0. The summed E-state index contributed by atoms with van der Waals surface area (Å²) in [6, 6.07) is 4.74. The molecule has 5 nitrogen and oxygen atoms in total. The number of carbonyl (C=O) groups is 1. The van der Waals surface area contributed by atoms with Crippen LogP contribution < -0.4 is 9.62 Å². The minimum Gasteiger partial charge on any atom is -0.314 e. The van der Waals surface area contributed by atoms with Crippen molar-refractivity contribution in [3.05, 3.63) is 23.8 Å². The molecule has 21 heavy (non-hydrogen) atoms. The molecular formula is C15H22N2O3S. The molecule has 0 radical (unpaired) electrons. The van der Waals surface area contributed by atoms with E-state index in [0.29, 0.717) is 0 Å². The van der Waals surface area contributed by atoms with E-state index in [1.165, 1.54) is 0 Å². The molecular weight excluding hydrogens is 288 g/mol. The molecule has 1 unspecified atom stereocenters. The monoisotopic (exact) mass is 310 g/mol.